The lowest BCUT2D eigenvalue weighted by molar-refractivity contribution is 0.0371. The normalized spacial score (nSPS) is 18.1. The van der Waals surface area contributed by atoms with E-state index in [1.165, 1.54) is 0 Å². The SMILES string of the molecule is CCC1CN(C(=O)c2ccc(-c3cccc(CO)c3)nc2)CCN1C(C)C. The molecule has 1 aliphatic heterocycles. The first kappa shape index (κ1) is 19.5. The zero-order valence-electron chi connectivity index (χ0n) is 16.4. The molecule has 1 saturated heterocycles. The van der Waals surface area contributed by atoms with Gasteiger partial charge in [-0.2, -0.15) is 0 Å². The van der Waals surface area contributed by atoms with Crippen LogP contribution in [0, 0.1) is 0 Å². The van der Waals surface area contributed by atoms with Gasteiger partial charge in [0.25, 0.3) is 5.91 Å². The Kier molecular flexibility index (Phi) is 6.24. The summed E-state index contributed by atoms with van der Waals surface area (Å²) in [6, 6.07) is 12.3. The monoisotopic (exact) mass is 367 g/mol. The molecule has 27 heavy (non-hydrogen) atoms. The first-order valence-corrected chi connectivity index (χ1v) is 9.74. The molecule has 1 fully saturated rings. The van der Waals surface area contributed by atoms with E-state index in [1.54, 1.807) is 6.20 Å². The van der Waals surface area contributed by atoms with E-state index in [1.807, 2.05) is 41.3 Å². The van der Waals surface area contributed by atoms with Gasteiger partial charge < -0.3 is 10.0 Å². The molecule has 1 N–H and O–H groups in total. The molecule has 2 aromatic rings. The maximum absolute atomic E-state index is 12.9. The van der Waals surface area contributed by atoms with Gasteiger partial charge in [0.05, 0.1) is 17.9 Å². The van der Waals surface area contributed by atoms with Crippen LogP contribution in [-0.2, 0) is 6.61 Å². The van der Waals surface area contributed by atoms with Gasteiger partial charge in [0.1, 0.15) is 0 Å². The Morgan fingerprint density at radius 1 is 1.26 bits per heavy atom. The minimum absolute atomic E-state index is 0.00532. The Labute approximate surface area is 161 Å². The second-order valence-corrected chi connectivity index (χ2v) is 7.44. The van der Waals surface area contributed by atoms with Crippen molar-refractivity contribution in [2.24, 2.45) is 0 Å². The van der Waals surface area contributed by atoms with Crippen molar-refractivity contribution in [1.29, 1.82) is 0 Å². The highest BCUT2D eigenvalue weighted by Gasteiger charge is 2.30. The van der Waals surface area contributed by atoms with Crippen LogP contribution in [0.2, 0.25) is 0 Å². The van der Waals surface area contributed by atoms with Crippen molar-refractivity contribution in [3.63, 3.8) is 0 Å². The fourth-order valence-corrected chi connectivity index (χ4v) is 3.80. The van der Waals surface area contributed by atoms with Gasteiger partial charge >= 0.3 is 0 Å². The summed E-state index contributed by atoms with van der Waals surface area (Å²) >= 11 is 0. The third kappa shape index (κ3) is 4.37. The minimum Gasteiger partial charge on any atom is -0.392 e. The van der Waals surface area contributed by atoms with Crippen LogP contribution in [0.1, 0.15) is 43.1 Å². The molecule has 1 amide bonds. The van der Waals surface area contributed by atoms with E-state index in [-0.39, 0.29) is 12.5 Å². The molecule has 3 rings (SSSR count). The summed E-state index contributed by atoms with van der Waals surface area (Å²) in [6.07, 6.45) is 2.71. The quantitative estimate of drug-likeness (QED) is 0.882. The van der Waals surface area contributed by atoms with Gasteiger partial charge in [-0.1, -0.05) is 25.1 Å². The summed E-state index contributed by atoms with van der Waals surface area (Å²) < 4.78 is 0. The average molecular weight is 367 g/mol. The predicted molar refractivity (Wildman–Crippen MR) is 107 cm³/mol. The molecule has 5 nitrogen and oxygen atoms in total. The number of pyridine rings is 1. The number of aliphatic hydroxyl groups excluding tert-OH is 1. The Balaban J connectivity index is 1.72. The molecule has 1 aromatic carbocycles. The number of nitrogens with zero attached hydrogens (tertiary/aromatic N) is 3. The maximum Gasteiger partial charge on any atom is 0.255 e. The number of rotatable bonds is 5. The number of hydrogen-bond acceptors (Lipinski definition) is 4. The Hall–Kier alpha value is -2.24. The first-order chi connectivity index (χ1) is 13.0. The molecule has 144 valence electrons. The fraction of sp³-hybridized carbons (Fsp3) is 0.455. The van der Waals surface area contributed by atoms with Crippen LogP contribution in [0.25, 0.3) is 11.3 Å². The molecule has 1 unspecified atom stereocenters. The molecule has 2 heterocycles. The summed E-state index contributed by atoms with van der Waals surface area (Å²) in [5, 5.41) is 9.29. The first-order valence-electron chi connectivity index (χ1n) is 9.74. The van der Waals surface area contributed by atoms with E-state index >= 15 is 0 Å². The number of carbonyl (C=O) groups is 1. The smallest absolute Gasteiger partial charge is 0.255 e. The molecule has 1 aliphatic rings. The molecule has 0 saturated carbocycles. The highest BCUT2D eigenvalue weighted by Crippen LogP contribution is 2.21. The zero-order valence-corrected chi connectivity index (χ0v) is 16.4. The molecule has 1 atom stereocenters. The van der Waals surface area contributed by atoms with Crippen molar-refractivity contribution in [2.45, 2.75) is 45.9 Å². The number of hydrogen-bond donors (Lipinski definition) is 1. The third-order valence-corrected chi connectivity index (χ3v) is 5.37. The third-order valence-electron chi connectivity index (χ3n) is 5.37. The molecule has 0 spiro atoms. The van der Waals surface area contributed by atoms with E-state index in [9.17, 15) is 9.90 Å². The maximum atomic E-state index is 12.9. The fourth-order valence-electron chi connectivity index (χ4n) is 3.80. The summed E-state index contributed by atoms with van der Waals surface area (Å²) in [5.74, 6) is 0.0556. The Morgan fingerprint density at radius 2 is 2.07 bits per heavy atom. The summed E-state index contributed by atoms with van der Waals surface area (Å²) in [6.45, 7) is 9.07. The number of benzene rings is 1. The van der Waals surface area contributed by atoms with Crippen LogP contribution >= 0.6 is 0 Å². The van der Waals surface area contributed by atoms with Gasteiger partial charge in [0.2, 0.25) is 0 Å². The van der Waals surface area contributed by atoms with E-state index < -0.39 is 0 Å². The Morgan fingerprint density at radius 3 is 2.70 bits per heavy atom. The second-order valence-electron chi connectivity index (χ2n) is 7.44. The molecule has 1 aromatic heterocycles. The van der Waals surface area contributed by atoms with Gasteiger partial charge in [0, 0.05) is 43.5 Å². The van der Waals surface area contributed by atoms with Crippen molar-refractivity contribution < 1.29 is 9.90 Å². The van der Waals surface area contributed by atoms with Crippen LogP contribution in [0.4, 0.5) is 0 Å². The Bertz CT molecular complexity index is 773. The van der Waals surface area contributed by atoms with Crippen LogP contribution in [0.15, 0.2) is 42.6 Å². The lowest BCUT2D eigenvalue weighted by Gasteiger charge is -2.43. The van der Waals surface area contributed by atoms with Gasteiger partial charge in [-0.25, -0.2) is 0 Å². The number of carbonyl (C=O) groups excluding carboxylic acids is 1. The predicted octanol–water partition coefficient (Wildman–Crippen LogP) is 3.19. The summed E-state index contributed by atoms with van der Waals surface area (Å²) in [4.78, 5) is 21.8. The summed E-state index contributed by atoms with van der Waals surface area (Å²) in [7, 11) is 0. The topological polar surface area (TPSA) is 56.7 Å². The largest absolute Gasteiger partial charge is 0.392 e. The molecule has 0 aliphatic carbocycles. The van der Waals surface area contributed by atoms with Gasteiger partial charge in [-0.05, 0) is 44.0 Å². The highest BCUT2D eigenvalue weighted by atomic mass is 16.3. The van der Waals surface area contributed by atoms with Gasteiger partial charge in [-0.15, -0.1) is 0 Å². The van der Waals surface area contributed by atoms with E-state index in [4.69, 9.17) is 0 Å². The van der Waals surface area contributed by atoms with Crippen LogP contribution in [0.5, 0.6) is 0 Å². The molecular weight excluding hydrogens is 338 g/mol. The van der Waals surface area contributed by atoms with Crippen LogP contribution < -0.4 is 0 Å². The molecule has 5 heteroatoms. The van der Waals surface area contributed by atoms with Crippen molar-refractivity contribution in [3.8, 4) is 11.3 Å². The lowest BCUT2D eigenvalue weighted by Crippen LogP contribution is -2.56. The molecule has 0 radical (unpaired) electrons. The van der Waals surface area contributed by atoms with Crippen molar-refractivity contribution in [2.75, 3.05) is 19.6 Å². The number of piperazine rings is 1. The molecule has 0 bridgehead atoms. The van der Waals surface area contributed by atoms with Gasteiger partial charge in [0.15, 0.2) is 0 Å². The average Bonchev–Trinajstić information content (AvgIpc) is 2.72. The number of amides is 1. The van der Waals surface area contributed by atoms with Crippen molar-refractivity contribution in [3.05, 3.63) is 53.7 Å². The number of aromatic nitrogens is 1. The van der Waals surface area contributed by atoms with Crippen LogP contribution in [0.3, 0.4) is 0 Å². The van der Waals surface area contributed by atoms with Gasteiger partial charge in [-0.3, -0.25) is 14.7 Å². The highest BCUT2D eigenvalue weighted by molar-refractivity contribution is 5.94. The van der Waals surface area contributed by atoms with E-state index in [0.29, 0.717) is 17.6 Å². The standard InChI is InChI=1S/C22H29N3O2/c1-4-20-14-24(10-11-25(20)16(2)3)22(27)19-8-9-21(23-13-19)18-7-5-6-17(12-18)15-26/h5-9,12-13,16,20,26H,4,10-11,14-15H2,1-3H3. The van der Waals surface area contributed by atoms with E-state index in [0.717, 1.165) is 42.9 Å². The minimum atomic E-state index is 0.00532. The van der Waals surface area contributed by atoms with Crippen molar-refractivity contribution in [1.82, 2.24) is 14.8 Å². The lowest BCUT2D eigenvalue weighted by atomic mass is 10.1. The van der Waals surface area contributed by atoms with Crippen LogP contribution in [-0.4, -0.2) is 57.5 Å². The second kappa shape index (κ2) is 8.63. The zero-order chi connectivity index (χ0) is 19.4. The van der Waals surface area contributed by atoms with E-state index in [2.05, 4.69) is 30.7 Å². The summed E-state index contributed by atoms with van der Waals surface area (Å²) in [5.41, 5.74) is 3.23. The molecular formula is C22H29N3O2. The number of aliphatic hydroxyl groups is 1. The van der Waals surface area contributed by atoms with Crippen molar-refractivity contribution >= 4 is 5.91 Å².